The van der Waals surface area contributed by atoms with Crippen molar-refractivity contribution in [1.82, 2.24) is 10.2 Å². The van der Waals surface area contributed by atoms with Crippen molar-refractivity contribution >= 4 is 12.1 Å². The highest BCUT2D eigenvalue weighted by atomic mass is 16.6. The van der Waals surface area contributed by atoms with Crippen LogP contribution in [0.4, 0.5) is 4.79 Å². The standard InChI is InChI=1S/C46H90N2O5/c1-4-7-10-13-16-22-27-42-52-44(50)32-25-20-17-21-26-38-48(40-29-41-49)39-28-33-46(34-35-46)36-37-47-45(51)53-43(30-23-18-14-11-8-5-2)31-24-19-15-12-9-6-3/h43,49H,4-42H2,1-3H3,(H,47,51). The van der Waals surface area contributed by atoms with Gasteiger partial charge in [-0.05, 0) is 102 Å². The van der Waals surface area contributed by atoms with Crippen molar-refractivity contribution in [3.8, 4) is 0 Å². The monoisotopic (exact) mass is 751 g/mol. The first-order valence-corrected chi connectivity index (χ1v) is 23.4. The molecule has 314 valence electrons. The normalized spacial score (nSPS) is 13.5. The number of unbranched alkanes of at least 4 members (excludes halogenated alkanes) is 20. The van der Waals surface area contributed by atoms with E-state index in [4.69, 9.17) is 9.47 Å². The number of esters is 1. The minimum absolute atomic E-state index is 0.0263. The summed E-state index contributed by atoms with van der Waals surface area (Å²) in [6.45, 7) is 11.4. The highest BCUT2D eigenvalue weighted by Gasteiger charge is 2.41. The molecule has 0 unspecified atom stereocenters. The van der Waals surface area contributed by atoms with Gasteiger partial charge in [-0.25, -0.2) is 4.79 Å². The molecule has 0 atom stereocenters. The van der Waals surface area contributed by atoms with Crippen molar-refractivity contribution < 1.29 is 24.2 Å². The Kier molecular flexibility index (Phi) is 34.0. The van der Waals surface area contributed by atoms with E-state index in [1.807, 2.05) is 0 Å². The smallest absolute Gasteiger partial charge is 0.407 e. The average molecular weight is 751 g/mol. The summed E-state index contributed by atoms with van der Waals surface area (Å²) in [6.07, 6.45) is 38.7. The zero-order valence-electron chi connectivity index (χ0n) is 35.7. The molecule has 53 heavy (non-hydrogen) atoms. The number of hydrogen-bond donors (Lipinski definition) is 2. The molecule has 1 aliphatic carbocycles. The van der Waals surface area contributed by atoms with Gasteiger partial charge in [0.1, 0.15) is 6.10 Å². The molecule has 1 aliphatic rings. The number of nitrogens with zero attached hydrogens (tertiary/aromatic N) is 1. The van der Waals surface area contributed by atoms with E-state index < -0.39 is 0 Å². The predicted octanol–water partition coefficient (Wildman–Crippen LogP) is 12.9. The van der Waals surface area contributed by atoms with E-state index in [0.29, 0.717) is 25.0 Å². The maximum Gasteiger partial charge on any atom is 0.407 e. The van der Waals surface area contributed by atoms with Crippen molar-refractivity contribution in [1.29, 1.82) is 0 Å². The fraction of sp³-hybridized carbons (Fsp3) is 0.957. The Balaban J connectivity index is 2.23. The molecule has 0 radical (unpaired) electrons. The first-order valence-electron chi connectivity index (χ1n) is 23.4. The van der Waals surface area contributed by atoms with Gasteiger partial charge in [0, 0.05) is 26.1 Å². The minimum Gasteiger partial charge on any atom is -0.466 e. The van der Waals surface area contributed by atoms with Crippen molar-refractivity contribution in [3.63, 3.8) is 0 Å². The first-order chi connectivity index (χ1) is 26.0. The number of aliphatic hydroxyl groups is 1. The number of alkyl carbamates (subject to hydrolysis) is 1. The molecule has 0 aromatic rings. The maximum atomic E-state index is 12.8. The van der Waals surface area contributed by atoms with Gasteiger partial charge in [-0.1, -0.05) is 143 Å². The lowest BCUT2D eigenvalue weighted by Crippen LogP contribution is -2.31. The molecule has 2 N–H and O–H groups in total. The van der Waals surface area contributed by atoms with Gasteiger partial charge >= 0.3 is 12.1 Å². The molecule has 1 saturated carbocycles. The van der Waals surface area contributed by atoms with Crippen molar-refractivity contribution in [3.05, 3.63) is 0 Å². The first kappa shape index (κ1) is 49.7. The summed E-state index contributed by atoms with van der Waals surface area (Å²) in [5.74, 6) is -0.0263. The molecule has 7 heteroatoms. The van der Waals surface area contributed by atoms with Crippen LogP contribution in [0, 0.1) is 5.41 Å². The molecule has 1 rings (SSSR count). The Morgan fingerprint density at radius 1 is 0.604 bits per heavy atom. The largest absolute Gasteiger partial charge is 0.466 e. The van der Waals surface area contributed by atoms with Crippen LogP contribution in [0.1, 0.15) is 233 Å². The topological polar surface area (TPSA) is 88.1 Å². The van der Waals surface area contributed by atoms with Gasteiger partial charge in [0.05, 0.1) is 6.61 Å². The summed E-state index contributed by atoms with van der Waals surface area (Å²) < 4.78 is 11.4. The van der Waals surface area contributed by atoms with Crippen molar-refractivity contribution in [2.45, 2.75) is 239 Å². The van der Waals surface area contributed by atoms with Gasteiger partial charge in [0.25, 0.3) is 0 Å². The Morgan fingerprint density at radius 3 is 1.66 bits per heavy atom. The third kappa shape index (κ3) is 31.6. The van der Waals surface area contributed by atoms with E-state index in [1.54, 1.807) is 0 Å². The molecule has 0 aromatic carbocycles. The second kappa shape index (κ2) is 36.3. The lowest BCUT2D eigenvalue weighted by Gasteiger charge is -2.24. The lowest BCUT2D eigenvalue weighted by atomic mass is 9.96. The van der Waals surface area contributed by atoms with E-state index in [2.05, 4.69) is 31.0 Å². The number of ether oxygens (including phenoxy) is 2. The lowest BCUT2D eigenvalue weighted by molar-refractivity contribution is -0.143. The summed E-state index contributed by atoms with van der Waals surface area (Å²) in [4.78, 5) is 27.4. The zero-order valence-corrected chi connectivity index (χ0v) is 35.7. The van der Waals surface area contributed by atoms with Crippen LogP contribution in [0.2, 0.25) is 0 Å². The predicted molar refractivity (Wildman–Crippen MR) is 225 cm³/mol. The third-order valence-electron chi connectivity index (χ3n) is 11.6. The van der Waals surface area contributed by atoms with Gasteiger partial charge < -0.3 is 24.8 Å². The van der Waals surface area contributed by atoms with E-state index in [-0.39, 0.29) is 24.8 Å². The van der Waals surface area contributed by atoms with Crippen LogP contribution in [-0.2, 0) is 14.3 Å². The van der Waals surface area contributed by atoms with Crippen LogP contribution in [0.15, 0.2) is 0 Å². The van der Waals surface area contributed by atoms with E-state index in [1.165, 1.54) is 141 Å². The van der Waals surface area contributed by atoms with Crippen LogP contribution >= 0.6 is 0 Å². The van der Waals surface area contributed by atoms with Gasteiger partial charge in [-0.2, -0.15) is 0 Å². The van der Waals surface area contributed by atoms with Crippen LogP contribution in [0.25, 0.3) is 0 Å². The number of carbonyl (C=O) groups excluding carboxylic acids is 2. The van der Waals surface area contributed by atoms with Crippen LogP contribution in [0.5, 0.6) is 0 Å². The van der Waals surface area contributed by atoms with E-state index >= 15 is 0 Å². The highest BCUT2D eigenvalue weighted by molar-refractivity contribution is 5.69. The molecular weight excluding hydrogens is 661 g/mol. The molecule has 0 heterocycles. The number of amides is 1. The maximum absolute atomic E-state index is 12.8. The van der Waals surface area contributed by atoms with Crippen molar-refractivity contribution in [2.75, 3.05) is 39.4 Å². The highest BCUT2D eigenvalue weighted by Crippen LogP contribution is 2.52. The Bertz CT molecular complexity index is 804. The average Bonchev–Trinajstić information content (AvgIpc) is 3.92. The van der Waals surface area contributed by atoms with Gasteiger partial charge in [0.15, 0.2) is 0 Å². The summed E-state index contributed by atoms with van der Waals surface area (Å²) in [5.41, 5.74) is 0.391. The van der Waals surface area contributed by atoms with E-state index in [9.17, 15) is 14.7 Å². The molecular formula is C46H90N2O5. The van der Waals surface area contributed by atoms with Gasteiger partial charge in [-0.15, -0.1) is 0 Å². The summed E-state index contributed by atoms with van der Waals surface area (Å²) in [6, 6.07) is 0. The number of carbonyl (C=O) groups is 2. The molecule has 0 spiro atoms. The fourth-order valence-corrected chi connectivity index (χ4v) is 7.75. The van der Waals surface area contributed by atoms with Crippen molar-refractivity contribution in [2.24, 2.45) is 5.41 Å². The van der Waals surface area contributed by atoms with Crippen LogP contribution in [0.3, 0.4) is 0 Å². The summed E-state index contributed by atoms with van der Waals surface area (Å²) in [7, 11) is 0. The Hall–Kier alpha value is -1.34. The molecule has 0 aliphatic heterocycles. The minimum atomic E-state index is -0.211. The molecule has 0 aromatic heterocycles. The summed E-state index contributed by atoms with van der Waals surface area (Å²) in [5, 5.41) is 12.6. The quantitative estimate of drug-likeness (QED) is 0.0478. The molecule has 0 bridgehead atoms. The second-order valence-corrected chi connectivity index (χ2v) is 16.7. The summed E-state index contributed by atoms with van der Waals surface area (Å²) >= 11 is 0. The van der Waals surface area contributed by atoms with Gasteiger partial charge in [0.2, 0.25) is 0 Å². The molecule has 1 amide bonds. The Labute approximate surface area is 329 Å². The number of nitrogens with one attached hydrogen (secondary N) is 1. The number of hydrogen-bond acceptors (Lipinski definition) is 6. The third-order valence-corrected chi connectivity index (χ3v) is 11.6. The van der Waals surface area contributed by atoms with E-state index in [0.717, 1.165) is 83.8 Å². The number of rotatable bonds is 41. The van der Waals surface area contributed by atoms with Crippen LogP contribution in [-0.4, -0.2) is 67.6 Å². The Morgan fingerprint density at radius 2 is 1.09 bits per heavy atom. The molecule has 0 saturated heterocycles. The SMILES string of the molecule is CCCCCCCCCOC(=O)CCCCCCCN(CCCO)CCCC1(CCNC(=O)OC(CCCCCCCC)CCCCCCCC)CC1. The molecule has 1 fully saturated rings. The van der Waals surface area contributed by atoms with Crippen LogP contribution < -0.4 is 5.32 Å². The zero-order chi connectivity index (χ0) is 38.5. The fourth-order valence-electron chi connectivity index (χ4n) is 7.75. The molecule has 7 nitrogen and oxygen atoms in total. The van der Waals surface area contributed by atoms with Gasteiger partial charge in [-0.3, -0.25) is 4.79 Å². The number of aliphatic hydroxyl groups excluding tert-OH is 1. The second-order valence-electron chi connectivity index (χ2n) is 16.7.